The molecule has 2 aliphatic rings. The van der Waals surface area contributed by atoms with Crippen LogP contribution in [0.4, 0.5) is 8.78 Å². The van der Waals surface area contributed by atoms with E-state index in [2.05, 4.69) is 44.7 Å². The number of piperidine rings is 1. The third-order valence-corrected chi connectivity index (χ3v) is 9.10. The number of hydrogen-bond acceptors (Lipinski definition) is 3. The Morgan fingerprint density at radius 1 is 0.756 bits per heavy atom. The van der Waals surface area contributed by atoms with Crippen molar-refractivity contribution >= 4 is 0 Å². The molecule has 2 fully saturated rings. The fourth-order valence-corrected chi connectivity index (χ4v) is 6.83. The smallest absolute Gasteiger partial charge is 0.123 e. The lowest BCUT2D eigenvalue weighted by atomic mass is 9.70. The lowest BCUT2D eigenvalue weighted by Gasteiger charge is -2.49. The van der Waals surface area contributed by atoms with Gasteiger partial charge in [0.1, 0.15) is 11.6 Å². The van der Waals surface area contributed by atoms with Crippen LogP contribution in [0.1, 0.15) is 102 Å². The van der Waals surface area contributed by atoms with Crippen molar-refractivity contribution < 1.29 is 19.0 Å². The van der Waals surface area contributed by atoms with Crippen LogP contribution in [0.5, 0.6) is 0 Å². The van der Waals surface area contributed by atoms with E-state index in [1.165, 1.54) is 36.2 Å². The fourth-order valence-electron chi connectivity index (χ4n) is 6.83. The molecule has 3 aromatic rings. The highest BCUT2D eigenvalue weighted by atomic mass is 19.1. The van der Waals surface area contributed by atoms with Crippen LogP contribution in [-0.2, 0) is 6.54 Å². The molecule has 5 heteroatoms. The monoisotopic (exact) mass is 563 g/mol. The van der Waals surface area contributed by atoms with E-state index in [1.54, 1.807) is 12.1 Å². The molecule has 5 rings (SSSR count). The van der Waals surface area contributed by atoms with Gasteiger partial charge in [0, 0.05) is 18.1 Å². The second-order valence-corrected chi connectivity index (χ2v) is 13.4. The Bertz CT molecular complexity index is 1250. The average Bonchev–Trinajstić information content (AvgIpc) is 2.93. The van der Waals surface area contributed by atoms with Crippen molar-refractivity contribution in [2.75, 3.05) is 0 Å². The number of halogens is 2. The van der Waals surface area contributed by atoms with Crippen LogP contribution >= 0.6 is 0 Å². The quantitative estimate of drug-likeness (QED) is 0.315. The second-order valence-electron chi connectivity index (χ2n) is 13.4. The van der Waals surface area contributed by atoms with Gasteiger partial charge in [-0.25, -0.2) is 8.78 Å². The molecule has 0 aromatic heterocycles. The minimum absolute atomic E-state index is 0.00393. The summed E-state index contributed by atoms with van der Waals surface area (Å²) in [5, 5.41) is 21.3. The second kappa shape index (κ2) is 13.6. The van der Waals surface area contributed by atoms with E-state index in [9.17, 15) is 19.0 Å². The lowest BCUT2D eigenvalue weighted by molar-refractivity contribution is -0.0474. The van der Waals surface area contributed by atoms with Crippen LogP contribution in [0.2, 0.25) is 0 Å². The Morgan fingerprint density at radius 3 is 1.93 bits per heavy atom. The molecule has 0 bridgehead atoms. The van der Waals surface area contributed by atoms with Crippen molar-refractivity contribution in [2.24, 2.45) is 11.3 Å². The molecule has 3 aromatic carbocycles. The molecule has 1 aliphatic carbocycles. The SMILES string of the molecule is CC1(C)CCC[C@H]([C@H](O)c2cccc(F)c2)C1.CC1(C)CCC[C@H]([C@H](O)c2cccc(F)c2)N1Cc1ccccc1. The number of likely N-dealkylation sites (tertiary alicyclic amines) is 1. The van der Waals surface area contributed by atoms with Crippen LogP contribution in [0, 0.1) is 23.0 Å². The molecule has 3 nitrogen and oxygen atoms in total. The summed E-state index contributed by atoms with van der Waals surface area (Å²) in [7, 11) is 0. The highest BCUT2D eigenvalue weighted by Gasteiger charge is 2.40. The summed E-state index contributed by atoms with van der Waals surface area (Å²) >= 11 is 0. The van der Waals surface area contributed by atoms with Crippen LogP contribution in [0.15, 0.2) is 78.9 Å². The Hall–Kier alpha value is -2.60. The molecule has 0 radical (unpaired) electrons. The lowest BCUT2D eigenvalue weighted by Crippen LogP contribution is -2.54. The maximum atomic E-state index is 13.6. The first-order chi connectivity index (χ1) is 19.4. The van der Waals surface area contributed by atoms with Crippen molar-refractivity contribution in [2.45, 2.75) is 103 Å². The first-order valence-corrected chi connectivity index (χ1v) is 15.1. The predicted octanol–water partition coefficient (Wildman–Crippen LogP) is 8.77. The number of benzene rings is 3. The van der Waals surface area contributed by atoms with E-state index >= 15 is 0 Å². The van der Waals surface area contributed by atoms with Gasteiger partial charge in [0.25, 0.3) is 0 Å². The van der Waals surface area contributed by atoms with Gasteiger partial charge in [-0.05, 0) is 105 Å². The van der Waals surface area contributed by atoms with Gasteiger partial charge in [0.15, 0.2) is 0 Å². The van der Waals surface area contributed by atoms with Crippen molar-refractivity contribution in [3.8, 4) is 0 Å². The van der Waals surface area contributed by atoms with Crippen LogP contribution in [0.25, 0.3) is 0 Å². The van der Waals surface area contributed by atoms with Gasteiger partial charge in [-0.1, -0.05) is 74.9 Å². The Labute approximate surface area is 245 Å². The standard InChI is InChI=1S/C21H26FNO.C15H21FO/c1-21(2)13-7-12-19(20(24)17-10-6-11-18(22)14-17)23(21)15-16-8-4-3-5-9-16;1-15(2)8-4-6-12(10-15)14(17)11-5-3-7-13(16)9-11/h3-6,8-11,14,19-20,24H,7,12-13,15H2,1-2H3;3,5,7,9,12,14,17H,4,6,8,10H2,1-2H3/t19-,20-;12-,14+/m10/s1. The van der Waals surface area contributed by atoms with E-state index in [0.29, 0.717) is 16.5 Å². The molecule has 1 heterocycles. The molecule has 1 aliphatic heterocycles. The van der Waals surface area contributed by atoms with Gasteiger partial charge < -0.3 is 10.2 Å². The Balaban J connectivity index is 0.000000201. The molecule has 0 amide bonds. The largest absolute Gasteiger partial charge is 0.388 e. The zero-order chi connectivity index (χ0) is 29.6. The normalized spacial score (nSPS) is 23.6. The molecule has 1 saturated heterocycles. The fraction of sp³-hybridized carbons (Fsp3) is 0.500. The van der Waals surface area contributed by atoms with Gasteiger partial charge in [-0.2, -0.15) is 0 Å². The molecule has 222 valence electrons. The Kier molecular flexibility index (Phi) is 10.4. The summed E-state index contributed by atoms with van der Waals surface area (Å²) in [4.78, 5) is 2.39. The molecule has 2 N–H and O–H groups in total. The van der Waals surface area contributed by atoms with Gasteiger partial charge in [0.05, 0.1) is 12.2 Å². The number of rotatable bonds is 6. The van der Waals surface area contributed by atoms with E-state index < -0.39 is 12.2 Å². The number of aliphatic hydroxyl groups excluding tert-OH is 2. The van der Waals surface area contributed by atoms with Gasteiger partial charge >= 0.3 is 0 Å². The minimum Gasteiger partial charge on any atom is -0.388 e. The summed E-state index contributed by atoms with van der Waals surface area (Å²) in [6.45, 7) is 9.76. The van der Waals surface area contributed by atoms with E-state index in [-0.39, 0.29) is 29.1 Å². The summed E-state index contributed by atoms with van der Waals surface area (Å²) in [6, 6.07) is 23.1. The van der Waals surface area contributed by atoms with E-state index in [1.807, 2.05) is 30.3 Å². The van der Waals surface area contributed by atoms with E-state index in [0.717, 1.165) is 45.1 Å². The molecular formula is C36H47F2NO2. The van der Waals surface area contributed by atoms with Crippen molar-refractivity contribution in [1.29, 1.82) is 0 Å². The maximum absolute atomic E-state index is 13.6. The van der Waals surface area contributed by atoms with Crippen molar-refractivity contribution in [1.82, 2.24) is 4.90 Å². The van der Waals surface area contributed by atoms with Gasteiger partial charge in [-0.3, -0.25) is 4.90 Å². The number of hydrogen-bond donors (Lipinski definition) is 2. The van der Waals surface area contributed by atoms with Crippen molar-refractivity contribution in [3.05, 3.63) is 107 Å². The van der Waals surface area contributed by atoms with Crippen LogP contribution in [-0.4, -0.2) is 26.7 Å². The summed E-state index contributed by atoms with van der Waals surface area (Å²) < 4.78 is 26.7. The minimum atomic E-state index is -0.677. The van der Waals surface area contributed by atoms with Gasteiger partial charge in [-0.15, -0.1) is 0 Å². The summed E-state index contributed by atoms with van der Waals surface area (Å²) in [5.74, 6) is -0.298. The third kappa shape index (κ3) is 8.47. The average molecular weight is 564 g/mol. The van der Waals surface area contributed by atoms with Crippen LogP contribution in [0.3, 0.4) is 0 Å². The molecule has 0 unspecified atom stereocenters. The van der Waals surface area contributed by atoms with Gasteiger partial charge in [0.2, 0.25) is 0 Å². The number of nitrogens with zero attached hydrogens (tertiary/aromatic N) is 1. The van der Waals surface area contributed by atoms with Crippen LogP contribution < -0.4 is 0 Å². The zero-order valence-electron chi connectivity index (χ0n) is 25.1. The predicted molar refractivity (Wildman–Crippen MR) is 162 cm³/mol. The topological polar surface area (TPSA) is 43.7 Å². The van der Waals surface area contributed by atoms with Crippen molar-refractivity contribution in [3.63, 3.8) is 0 Å². The summed E-state index contributed by atoms with van der Waals surface area (Å²) in [6.07, 6.45) is 6.35. The maximum Gasteiger partial charge on any atom is 0.123 e. The first kappa shape index (κ1) is 31.3. The first-order valence-electron chi connectivity index (χ1n) is 15.1. The molecule has 1 saturated carbocycles. The van der Waals surface area contributed by atoms with E-state index in [4.69, 9.17) is 0 Å². The molecular weight excluding hydrogens is 516 g/mol. The highest BCUT2D eigenvalue weighted by Crippen LogP contribution is 2.43. The number of aliphatic hydroxyl groups is 2. The Morgan fingerprint density at radius 2 is 1.34 bits per heavy atom. The molecule has 41 heavy (non-hydrogen) atoms. The zero-order valence-corrected chi connectivity index (χ0v) is 25.1. The molecule has 4 atom stereocenters. The molecule has 0 spiro atoms. The summed E-state index contributed by atoms with van der Waals surface area (Å²) in [5.41, 5.74) is 2.93. The highest BCUT2D eigenvalue weighted by molar-refractivity contribution is 5.22. The third-order valence-electron chi connectivity index (χ3n) is 9.10.